The molecule has 0 aromatic heterocycles. The maximum absolute atomic E-state index is 13.7. The van der Waals surface area contributed by atoms with E-state index in [1.165, 1.54) is 11.8 Å². The Balaban J connectivity index is 1.94. The van der Waals surface area contributed by atoms with Crippen LogP contribution in [-0.4, -0.2) is 35.1 Å². The van der Waals surface area contributed by atoms with E-state index in [9.17, 15) is 9.59 Å². The molecule has 0 spiro atoms. The molecule has 0 fully saturated rings. The van der Waals surface area contributed by atoms with Gasteiger partial charge in [-0.2, -0.15) is 0 Å². The second-order valence-corrected chi connectivity index (χ2v) is 10.5. The first kappa shape index (κ1) is 27.1. The average molecular weight is 530 g/mol. The lowest BCUT2D eigenvalue weighted by Gasteiger charge is -2.32. The number of carbonyl (C=O) groups is 2. The van der Waals surface area contributed by atoms with Gasteiger partial charge in [-0.15, -0.1) is 11.8 Å². The number of benzene rings is 3. The summed E-state index contributed by atoms with van der Waals surface area (Å²) in [5.41, 5.74) is 1.60. The highest BCUT2D eigenvalue weighted by molar-refractivity contribution is 8.00. The van der Waals surface area contributed by atoms with Gasteiger partial charge in [-0.3, -0.25) is 9.59 Å². The largest absolute Gasteiger partial charge is 0.354 e. The zero-order valence-corrected chi connectivity index (χ0v) is 22.2. The smallest absolute Gasteiger partial charge is 0.243 e. The molecule has 0 heterocycles. The Hall–Kier alpha value is -2.47. The third-order valence-electron chi connectivity index (χ3n) is 5.45. The predicted octanol–water partition coefficient (Wildman–Crippen LogP) is 6.50. The van der Waals surface area contributed by atoms with Crippen LogP contribution in [0.2, 0.25) is 10.0 Å². The van der Waals surface area contributed by atoms with Gasteiger partial charge in [-0.1, -0.05) is 91.6 Å². The molecular weight excluding hydrogens is 499 g/mol. The van der Waals surface area contributed by atoms with Crippen LogP contribution in [0.15, 0.2) is 83.8 Å². The van der Waals surface area contributed by atoms with E-state index >= 15 is 0 Å². The molecule has 0 aliphatic carbocycles. The van der Waals surface area contributed by atoms with Crippen molar-refractivity contribution in [2.75, 3.05) is 12.3 Å². The summed E-state index contributed by atoms with van der Waals surface area (Å²) in [6.07, 6.45) is 0.384. The molecule has 2 amide bonds. The topological polar surface area (TPSA) is 49.4 Å². The van der Waals surface area contributed by atoms with Gasteiger partial charge in [0.1, 0.15) is 6.04 Å². The van der Waals surface area contributed by atoms with Gasteiger partial charge in [0.25, 0.3) is 0 Å². The van der Waals surface area contributed by atoms with Gasteiger partial charge in [-0.05, 0) is 35.7 Å². The van der Waals surface area contributed by atoms with Crippen LogP contribution in [0.3, 0.4) is 0 Å². The highest BCUT2D eigenvalue weighted by Crippen LogP contribution is 2.28. The molecule has 7 heteroatoms. The van der Waals surface area contributed by atoms with Crippen LogP contribution < -0.4 is 5.32 Å². The van der Waals surface area contributed by atoms with E-state index in [0.717, 1.165) is 10.5 Å². The van der Waals surface area contributed by atoms with Crippen molar-refractivity contribution in [1.82, 2.24) is 10.2 Å². The number of carbonyl (C=O) groups excluding carboxylic acids is 2. The van der Waals surface area contributed by atoms with Crippen molar-refractivity contribution < 1.29 is 9.59 Å². The number of halogens is 2. The Labute approximate surface area is 222 Å². The number of amides is 2. The molecule has 0 bridgehead atoms. The summed E-state index contributed by atoms with van der Waals surface area (Å²) in [5.74, 6) is 0.126. The van der Waals surface area contributed by atoms with E-state index < -0.39 is 6.04 Å². The first-order valence-corrected chi connectivity index (χ1v) is 13.3. The Morgan fingerprint density at radius 1 is 0.886 bits per heavy atom. The van der Waals surface area contributed by atoms with Gasteiger partial charge in [0.2, 0.25) is 11.8 Å². The summed E-state index contributed by atoms with van der Waals surface area (Å²) in [5, 5.41) is 3.95. The van der Waals surface area contributed by atoms with Gasteiger partial charge in [-0.25, -0.2) is 0 Å². The third-order valence-corrected chi connectivity index (χ3v) is 7.16. The number of nitrogens with one attached hydrogen (secondary N) is 1. The van der Waals surface area contributed by atoms with Crippen molar-refractivity contribution in [3.05, 3.63) is 100 Å². The average Bonchev–Trinajstić information content (AvgIpc) is 2.86. The minimum atomic E-state index is -0.715. The van der Waals surface area contributed by atoms with E-state index in [1.807, 2.05) is 74.5 Å². The number of rotatable bonds is 11. The van der Waals surface area contributed by atoms with Crippen LogP contribution in [0.1, 0.15) is 25.0 Å². The van der Waals surface area contributed by atoms with Gasteiger partial charge in [0.15, 0.2) is 0 Å². The number of hydrogen-bond donors (Lipinski definition) is 1. The number of nitrogens with zero attached hydrogens (tertiary/aromatic N) is 1. The van der Waals surface area contributed by atoms with Crippen LogP contribution in [-0.2, 0) is 22.6 Å². The maximum Gasteiger partial charge on any atom is 0.243 e. The molecule has 35 heavy (non-hydrogen) atoms. The molecular formula is C28H30Cl2N2O2S. The van der Waals surface area contributed by atoms with Crippen molar-refractivity contribution in [2.24, 2.45) is 5.92 Å². The third kappa shape index (κ3) is 8.31. The van der Waals surface area contributed by atoms with Crippen LogP contribution in [0, 0.1) is 5.92 Å². The highest BCUT2D eigenvalue weighted by atomic mass is 35.5. The Kier molecular flexibility index (Phi) is 10.5. The molecule has 1 atom stereocenters. The summed E-state index contributed by atoms with van der Waals surface area (Å²) in [6.45, 7) is 4.74. The maximum atomic E-state index is 13.7. The molecule has 0 unspecified atom stereocenters. The fraction of sp³-hybridized carbons (Fsp3) is 0.286. The molecule has 0 aliphatic heterocycles. The molecule has 184 valence electrons. The van der Waals surface area contributed by atoms with Crippen LogP contribution in [0.4, 0.5) is 0 Å². The molecule has 0 radical (unpaired) electrons. The lowest BCUT2D eigenvalue weighted by Crippen LogP contribution is -2.51. The van der Waals surface area contributed by atoms with Crippen molar-refractivity contribution in [3.8, 4) is 0 Å². The number of hydrogen-bond acceptors (Lipinski definition) is 3. The second kappa shape index (κ2) is 13.6. The van der Waals surface area contributed by atoms with E-state index in [-0.39, 0.29) is 30.0 Å². The van der Waals surface area contributed by atoms with Gasteiger partial charge in [0.05, 0.1) is 5.75 Å². The summed E-state index contributed by atoms with van der Waals surface area (Å²) in [6, 6.07) is 24.0. The first-order valence-electron chi connectivity index (χ1n) is 11.6. The Morgan fingerprint density at radius 3 is 2.09 bits per heavy atom. The Morgan fingerprint density at radius 2 is 1.49 bits per heavy atom. The minimum Gasteiger partial charge on any atom is -0.354 e. The van der Waals surface area contributed by atoms with Crippen molar-refractivity contribution in [2.45, 2.75) is 37.8 Å². The monoisotopic (exact) mass is 528 g/mol. The van der Waals surface area contributed by atoms with Crippen LogP contribution >= 0.6 is 35.0 Å². The normalized spacial score (nSPS) is 11.8. The van der Waals surface area contributed by atoms with Crippen LogP contribution in [0.5, 0.6) is 0 Å². The van der Waals surface area contributed by atoms with Crippen molar-refractivity contribution in [3.63, 3.8) is 0 Å². The molecule has 0 saturated heterocycles. The van der Waals surface area contributed by atoms with Gasteiger partial charge in [0, 0.05) is 40.0 Å². The lowest BCUT2D eigenvalue weighted by molar-refractivity contribution is -0.139. The fourth-order valence-corrected chi connectivity index (χ4v) is 4.90. The van der Waals surface area contributed by atoms with Crippen molar-refractivity contribution in [1.29, 1.82) is 0 Å². The van der Waals surface area contributed by atoms with E-state index in [1.54, 1.807) is 23.1 Å². The van der Waals surface area contributed by atoms with Crippen molar-refractivity contribution >= 4 is 46.8 Å². The summed E-state index contributed by atoms with van der Waals surface area (Å²) >= 11 is 14.4. The SMILES string of the molecule is CC(C)CNC(=O)[C@@H](Cc1ccccc1)N(Cc1c(Cl)cccc1Cl)C(=O)CSc1ccccc1. The zero-order valence-electron chi connectivity index (χ0n) is 19.9. The molecule has 4 nitrogen and oxygen atoms in total. The van der Waals surface area contributed by atoms with E-state index in [4.69, 9.17) is 23.2 Å². The predicted molar refractivity (Wildman–Crippen MR) is 146 cm³/mol. The summed E-state index contributed by atoms with van der Waals surface area (Å²) < 4.78 is 0. The first-order chi connectivity index (χ1) is 16.8. The molecule has 1 N–H and O–H groups in total. The second-order valence-electron chi connectivity index (χ2n) is 8.67. The van der Waals surface area contributed by atoms with Gasteiger partial charge >= 0.3 is 0 Å². The zero-order chi connectivity index (χ0) is 25.2. The molecule has 3 rings (SSSR count). The standard InChI is InChI=1S/C28H30Cl2N2O2S/c1-20(2)17-31-28(34)26(16-21-10-5-3-6-11-21)32(18-23-24(29)14-9-15-25(23)30)27(33)19-35-22-12-7-4-8-13-22/h3-15,20,26H,16-19H2,1-2H3,(H,31,34)/t26-/m1/s1. The summed E-state index contributed by atoms with van der Waals surface area (Å²) in [4.78, 5) is 29.7. The van der Waals surface area contributed by atoms with E-state index in [0.29, 0.717) is 28.6 Å². The Bertz CT molecular complexity index is 1090. The quantitative estimate of drug-likeness (QED) is 0.289. The fourth-order valence-electron chi connectivity index (χ4n) is 3.57. The van der Waals surface area contributed by atoms with Gasteiger partial charge < -0.3 is 10.2 Å². The van der Waals surface area contributed by atoms with Crippen LogP contribution in [0.25, 0.3) is 0 Å². The summed E-state index contributed by atoms with van der Waals surface area (Å²) in [7, 11) is 0. The lowest BCUT2D eigenvalue weighted by atomic mass is 10.0. The molecule has 0 aliphatic rings. The van der Waals surface area contributed by atoms with E-state index in [2.05, 4.69) is 5.32 Å². The molecule has 0 saturated carbocycles. The molecule has 3 aromatic carbocycles. The highest BCUT2D eigenvalue weighted by Gasteiger charge is 2.31. The number of thioether (sulfide) groups is 1. The molecule has 3 aromatic rings. The minimum absolute atomic E-state index is 0.138.